The van der Waals surface area contributed by atoms with Gasteiger partial charge in [-0.3, -0.25) is 4.79 Å². The van der Waals surface area contributed by atoms with Crippen LogP contribution >= 0.6 is 0 Å². The predicted molar refractivity (Wildman–Crippen MR) is 52.6 cm³/mol. The lowest BCUT2D eigenvalue weighted by Gasteiger charge is -1.99. The number of carbonyl (C=O) groups is 1. The predicted octanol–water partition coefficient (Wildman–Crippen LogP) is 1.17. The minimum atomic E-state index is -1.05. The molecule has 2 rings (SSSR count). The van der Waals surface area contributed by atoms with Crippen LogP contribution in [-0.2, 0) is 11.2 Å². The number of aromatic nitrogens is 3. The van der Waals surface area contributed by atoms with E-state index in [0.29, 0.717) is 0 Å². The van der Waals surface area contributed by atoms with Crippen molar-refractivity contribution in [1.82, 2.24) is 15.0 Å². The molecule has 0 spiro atoms. The standard InChI is InChI=1S/C10H7F2N3O2/c11-6-1-7(12)3-9(2-6)15-13-5-8(14-15)4-10(16)17/h1-3,5H,4H2,(H,16,17). The van der Waals surface area contributed by atoms with Crippen LogP contribution in [0, 0.1) is 11.6 Å². The molecular formula is C10H7F2N3O2. The Bertz CT molecular complexity index is 548. The summed E-state index contributed by atoms with van der Waals surface area (Å²) in [5.41, 5.74) is 0.307. The fourth-order valence-electron chi connectivity index (χ4n) is 1.31. The monoisotopic (exact) mass is 239 g/mol. The number of hydrogen-bond donors (Lipinski definition) is 1. The smallest absolute Gasteiger partial charge is 0.309 e. The summed E-state index contributed by atoms with van der Waals surface area (Å²) < 4.78 is 25.9. The molecule has 1 N–H and O–H groups in total. The summed E-state index contributed by atoms with van der Waals surface area (Å²) in [4.78, 5) is 11.4. The first-order chi connectivity index (χ1) is 8.04. The molecule has 7 heteroatoms. The topological polar surface area (TPSA) is 68.0 Å². The minimum absolute atomic E-state index is 0.0964. The summed E-state index contributed by atoms with van der Waals surface area (Å²) in [6.45, 7) is 0. The van der Waals surface area contributed by atoms with Crippen molar-refractivity contribution in [3.05, 3.63) is 41.7 Å². The first kappa shape index (κ1) is 11.2. The van der Waals surface area contributed by atoms with Crippen LogP contribution in [0.5, 0.6) is 0 Å². The largest absolute Gasteiger partial charge is 0.481 e. The Morgan fingerprint density at radius 2 is 1.94 bits per heavy atom. The molecule has 0 aliphatic heterocycles. The third kappa shape index (κ3) is 2.63. The molecule has 5 nitrogen and oxygen atoms in total. The highest BCUT2D eigenvalue weighted by molar-refractivity contribution is 5.69. The lowest BCUT2D eigenvalue weighted by Crippen LogP contribution is -2.03. The van der Waals surface area contributed by atoms with Crippen molar-refractivity contribution in [1.29, 1.82) is 0 Å². The van der Waals surface area contributed by atoms with Gasteiger partial charge in [-0.05, 0) is 0 Å². The van der Waals surface area contributed by atoms with Crippen LogP contribution in [0.15, 0.2) is 24.4 Å². The van der Waals surface area contributed by atoms with Gasteiger partial charge >= 0.3 is 5.97 Å². The Balaban J connectivity index is 2.33. The summed E-state index contributed by atoms with van der Waals surface area (Å²) >= 11 is 0. The van der Waals surface area contributed by atoms with Crippen molar-refractivity contribution in [2.75, 3.05) is 0 Å². The molecule has 2 aromatic rings. The molecule has 1 aromatic carbocycles. The van der Waals surface area contributed by atoms with E-state index in [1.54, 1.807) is 0 Å². The van der Waals surface area contributed by atoms with Crippen molar-refractivity contribution < 1.29 is 18.7 Å². The molecule has 0 fully saturated rings. The van der Waals surface area contributed by atoms with Gasteiger partial charge in [-0.25, -0.2) is 8.78 Å². The normalized spacial score (nSPS) is 10.5. The van der Waals surface area contributed by atoms with Gasteiger partial charge in [0.15, 0.2) is 0 Å². The highest BCUT2D eigenvalue weighted by Gasteiger charge is 2.08. The highest BCUT2D eigenvalue weighted by Crippen LogP contribution is 2.11. The molecule has 0 saturated carbocycles. The Hall–Kier alpha value is -2.31. The molecule has 0 atom stereocenters. The van der Waals surface area contributed by atoms with E-state index >= 15 is 0 Å². The van der Waals surface area contributed by atoms with Gasteiger partial charge in [-0.15, -0.1) is 0 Å². The van der Waals surface area contributed by atoms with E-state index in [2.05, 4.69) is 10.2 Å². The summed E-state index contributed by atoms with van der Waals surface area (Å²) in [7, 11) is 0. The van der Waals surface area contributed by atoms with Crippen LogP contribution in [0.4, 0.5) is 8.78 Å². The second-order valence-corrected chi connectivity index (χ2v) is 3.32. The van der Waals surface area contributed by atoms with E-state index < -0.39 is 17.6 Å². The molecular weight excluding hydrogens is 232 g/mol. The Morgan fingerprint density at radius 3 is 2.53 bits per heavy atom. The fraction of sp³-hybridized carbons (Fsp3) is 0.100. The Kier molecular flexibility index (Phi) is 2.82. The molecule has 0 aliphatic carbocycles. The van der Waals surface area contributed by atoms with Crippen molar-refractivity contribution in [2.24, 2.45) is 0 Å². The highest BCUT2D eigenvalue weighted by atomic mass is 19.1. The fourth-order valence-corrected chi connectivity index (χ4v) is 1.31. The van der Waals surface area contributed by atoms with E-state index in [9.17, 15) is 13.6 Å². The van der Waals surface area contributed by atoms with Crippen LogP contribution < -0.4 is 0 Å². The van der Waals surface area contributed by atoms with Gasteiger partial charge in [0.25, 0.3) is 0 Å². The zero-order valence-corrected chi connectivity index (χ0v) is 8.47. The summed E-state index contributed by atoms with van der Waals surface area (Å²) in [6, 6.07) is 2.83. The van der Waals surface area contributed by atoms with E-state index in [1.807, 2.05) is 0 Å². The molecule has 1 aromatic heterocycles. The third-order valence-corrected chi connectivity index (χ3v) is 1.95. The molecule has 0 radical (unpaired) electrons. The lowest BCUT2D eigenvalue weighted by atomic mass is 10.3. The second kappa shape index (κ2) is 4.28. The molecule has 17 heavy (non-hydrogen) atoms. The van der Waals surface area contributed by atoms with Crippen LogP contribution in [0.1, 0.15) is 5.69 Å². The lowest BCUT2D eigenvalue weighted by molar-refractivity contribution is -0.136. The molecule has 0 saturated heterocycles. The summed E-state index contributed by atoms with van der Waals surface area (Å²) in [5, 5.41) is 16.1. The van der Waals surface area contributed by atoms with Crippen molar-refractivity contribution in [3.8, 4) is 5.69 Å². The molecule has 1 heterocycles. The van der Waals surface area contributed by atoms with Crippen molar-refractivity contribution >= 4 is 5.97 Å². The summed E-state index contributed by atoms with van der Waals surface area (Å²) in [5.74, 6) is -2.56. The molecule has 88 valence electrons. The Labute approximate surface area is 94.3 Å². The van der Waals surface area contributed by atoms with Gasteiger partial charge in [-0.2, -0.15) is 15.0 Å². The van der Waals surface area contributed by atoms with Crippen LogP contribution in [-0.4, -0.2) is 26.1 Å². The SMILES string of the molecule is O=C(O)Cc1cnn(-c2cc(F)cc(F)c2)n1. The van der Waals surface area contributed by atoms with Crippen LogP contribution in [0.2, 0.25) is 0 Å². The Morgan fingerprint density at radius 1 is 1.29 bits per heavy atom. The van der Waals surface area contributed by atoms with Gasteiger partial charge in [0.1, 0.15) is 11.6 Å². The van der Waals surface area contributed by atoms with Gasteiger partial charge < -0.3 is 5.11 Å². The van der Waals surface area contributed by atoms with Crippen LogP contribution in [0.25, 0.3) is 5.69 Å². The number of benzene rings is 1. The number of halogens is 2. The maximum absolute atomic E-state index is 12.9. The maximum atomic E-state index is 12.9. The van der Waals surface area contributed by atoms with Crippen LogP contribution in [0.3, 0.4) is 0 Å². The van der Waals surface area contributed by atoms with Gasteiger partial charge in [0, 0.05) is 18.2 Å². The van der Waals surface area contributed by atoms with Gasteiger partial charge in [0.2, 0.25) is 0 Å². The van der Waals surface area contributed by atoms with Gasteiger partial charge in [0.05, 0.1) is 24.0 Å². The van der Waals surface area contributed by atoms with E-state index in [-0.39, 0.29) is 17.8 Å². The number of hydrogen-bond acceptors (Lipinski definition) is 3. The zero-order chi connectivity index (χ0) is 12.4. The molecule has 0 amide bonds. The summed E-state index contributed by atoms with van der Waals surface area (Å²) in [6.07, 6.45) is 0.939. The third-order valence-electron chi connectivity index (χ3n) is 1.95. The molecule has 0 aliphatic rings. The maximum Gasteiger partial charge on any atom is 0.309 e. The zero-order valence-electron chi connectivity index (χ0n) is 8.47. The molecule has 0 bridgehead atoms. The number of carboxylic acid groups (broad SMARTS) is 1. The quantitative estimate of drug-likeness (QED) is 0.873. The first-order valence-electron chi connectivity index (χ1n) is 4.64. The number of carboxylic acids is 1. The first-order valence-corrected chi connectivity index (χ1v) is 4.64. The number of aliphatic carboxylic acids is 1. The van der Waals surface area contributed by atoms with Gasteiger partial charge in [-0.1, -0.05) is 0 Å². The van der Waals surface area contributed by atoms with E-state index in [1.165, 1.54) is 6.20 Å². The van der Waals surface area contributed by atoms with E-state index in [0.717, 1.165) is 23.0 Å². The van der Waals surface area contributed by atoms with Crippen molar-refractivity contribution in [3.63, 3.8) is 0 Å². The number of nitrogens with zero attached hydrogens (tertiary/aromatic N) is 3. The average molecular weight is 239 g/mol. The second-order valence-electron chi connectivity index (χ2n) is 3.32. The molecule has 0 unspecified atom stereocenters. The van der Waals surface area contributed by atoms with Crippen molar-refractivity contribution in [2.45, 2.75) is 6.42 Å². The van der Waals surface area contributed by atoms with E-state index in [4.69, 9.17) is 5.11 Å². The number of rotatable bonds is 3. The average Bonchev–Trinajstić information content (AvgIpc) is 2.63. The minimum Gasteiger partial charge on any atom is -0.481 e.